The third-order valence-corrected chi connectivity index (χ3v) is 3.97. The number of hydrogen-bond donors (Lipinski definition) is 1. The minimum Gasteiger partial charge on any atom is -0.352 e. The van der Waals surface area contributed by atoms with Crippen LogP contribution in [0.4, 0.5) is 5.82 Å². The molecule has 17 heavy (non-hydrogen) atoms. The van der Waals surface area contributed by atoms with Crippen molar-refractivity contribution < 1.29 is 0 Å². The summed E-state index contributed by atoms with van der Waals surface area (Å²) in [6.45, 7) is 2.32. The molecular formula is C13H20N4. The van der Waals surface area contributed by atoms with Crippen molar-refractivity contribution in [2.24, 2.45) is 0 Å². The summed E-state index contributed by atoms with van der Waals surface area (Å²) in [6, 6.07) is 3.32. The highest BCUT2D eigenvalue weighted by molar-refractivity contribution is 5.39. The molecule has 0 bridgehead atoms. The van der Waals surface area contributed by atoms with Crippen molar-refractivity contribution in [1.82, 2.24) is 15.3 Å². The van der Waals surface area contributed by atoms with Gasteiger partial charge in [-0.15, -0.1) is 0 Å². The summed E-state index contributed by atoms with van der Waals surface area (Å²) < 4.78 is 0. The van der Waals surface area contributed by atoms with Gasteiger partial charge in [0.25, 0.3) is 0 Å². The van der Waals surface area contributed by atoms with Gasteiger partial charge in [0.15, 0.2) is 0 Å². The maximum Gasteiger partial charge on any atom is 0.132 e. The third-order valence-electron chi connectivity index (χ3n) is 3.97. The molecule has 0 saturated carbocycles. The van der Waals surface area contributed by atoms with E-state index in [-0.39, 0.29) is 0 Å². The van der Waals surface area contributed by atoms with Gasteiger partial charge in [-0.05, 0) is 44.7 Å². The summed E-state index contributed by atoms with van der Waals surface area (Å²) in [5, 5.41) is 3.64. The summed E-state index contributed by atoms with van der Waals surface area (Å²) in [6.07, 6.45) is 10.1. The fourth-order valence-corrected chi connectivity index (χ4v) is 3.15. The highest BCUT2D eigenvalue weighted by Gasteiger charge is 2.32. The molecule has 2 aliphatic rings. The van der Waals surface area contributed by atoms with Crippen molar-refractivity contribution in [2.75, 3.05) is 18.0 Å². The number of hydrogen-bond acceptors (Lipinski definition) is 4. The number of anilines is 1. The monoisotopic (exact) mass is 232 g/mol. The molecule has 4 nitrogen and oxygen atoms in total. The fraction of sp³-hybridized carbons (Fsp3) is 0.692. The summed E-state index contributed by atoms with van der Waals surface area (Å²) in [5.74, 6) is 1.10. The minimum absolute atomic E-state index is 0.626. The van der Waals surface area contributed by atoms with Crippen LogP contribution >= 0.6 is 0 Å². The fourth-order valence-electron chi connectivity index (χ4n) is 3.15. The van der Waals surface area contributed by atoms with Crippen LogP contribution in [0.25, 0.3) is 0 Å². The Balaban J connectivity index is 1.80. The number of aromatic nitrogens is 2. The molecule has 0 aliphatic carbocycles. The van der Waals surface area contributed by atoms with Gasteiger partial charge in [0.1, 0.15) is 12.1 Å². The van der Waals surface area contributed by atoms with Gasteiger partial charge in [0, 0.05) is 24.8 Å². The van der Waals surface area contributed by atoms with Crippen molar-refractivity contribution in [3.63, 3.8) is 0 Å². The Morgan fingerprint density at radius 1 is 1.24 bits per heavy atom. The Bertz CT molecular complexity index is 348. The number of piperidine rings is 1. The van der Waals surface area contributed by atoms with E-state index in [0.717, 1.165) is 12.4 Å². The maximum absolute atomic E-state index is 4.41. The second-order valence-electron chi connectivity index (χ2n) is 5.03. The van der Waals surface area contributed by atoms with Gasteiger partial charge in [-0.3, -0.25) is 0 Å². The second kappa shape index (κ2) is 5.00. The predicted molar refractivity (Wildman–Crippen MR) is 68.0 cm³/mol. The predicted octanol–water partition coefficient (Wildman–Crippen LogP) is 1.59. The lowest BCUT2D eigenvalue weighted by Crippen LogP contribution is -2.50. The summed E-state index contributed by atoms with van der Waals surface area (Å²) in [4.78, 5) is 10.9. The molecular weight excluding hydrogens is 212 g/mol. The minimum atomic E-state index is 0.626. The van der Waals surface area contributed by atoms with Gasteiger partial charge in [-0.2, -0.15) is 0 Å². The van der Waals surface area contributed by atoms with Crippen molar-refractivity contribution in [3.05, 3.63) is 18.6 Å². The van der Waals surface area contributed by atoms with Crippen LogP contribution in [-0.2, 0) is 0 Å². The standard InChI is InChI=1S/C13H20N4/c1-2-9-17(13-6-8-14-10-16-13)12(5-1)11-4-3-7-15-11/h6,8,10-12,15H,1-5,7,9H2. The first-order valence-electron chi connectivity index (χ1n) is 6.71. The van der Waals surface area contributed by atoms with E-state index in [1.807, 2.05) is 12.3 Å². The molecule has 2 unspecified atom stereocenters. The van der Waals surface area contributed by atoms with E-state index in [0.29, 0.717) is 12.1 Å². The lowest BCUT2D eigenvalue weighted by atomic mass is 9.94. The first-order valence-corrected chi connectivity index (χ1v) is 6.71. The average Bonchev–Trinajstić information content (AvgIpc) is 2.94. The van der Waals surface area contributed by atoms with E-state index in [4.69, 9.17) is 0 Å². The SMILES string of the molecule is c1cc(N2CCCCC2C2CCCN2)ncn1. The number of nitrogens with one attached hydrogen (secondary N) is 1. The van der Waals surface area contributed by atoms with E-state index in [1.165, 1.54) is 38.6 Å². The molecule has 0 aromatic carbocycles. The van der Waals surface area contributed by atoms with Gasteiger partial charge < -0.3 is 10.2 Å². The highest BCUT2D eigenvalue weighted by Crippen LogP contribution is 2.27. The summed E-state index contributed by atoms with van der Waals surface area (Å²) >= 11 is 0. The second-order valence-corrected chi connectivity index (χ2v) is 5.03. The molecule has 1 aromatic heterocycles. The molecule has 2 fully saturated rings. The van der Waals surface area contributed by atoms with Crippen LogP contribution in [0, 0.1) is 0 Å². The number of nitrogens with zero attached hydrogens (tertiary/aromatic N) is 3. The van der Waals surface area contributed by atoms with E-state index < -0.39 is 0 Å². The van der Waals surface area contributed by atoms with Crippen LogP contribution in [0.5, 0.6) is 0 Å². The maximum atomic E-state index is 4.41. The molecule has 3 rings (SSSR count). The first-order chi connectivity index (χ1) is 8.45. The summed E-state index contributed by atoms with van der Waals surface area (Å²) in [7, 11) is 0. The molecule has 2 saturated heterocycles. The van der Waals surface area contributed by atoms with Gasteiger partial charge in [0.2, 0.25) is 0 Å². The van der Waals surface area contributed by atoms with E-state index >= 15 is 0 Å². The van der Waals surface area contributed by atoms with Crippen molar-refractivity contribution >= 4 is 5.82 Å². The summed E-state index contributed by atoms with van der Waals surface area (Å²) in [5.41, 5.74) is 0. The quantitative estimate of drug-likeness (QED) is 0.840. The topological polar surface area (TPSA) is 41.0 Å². The third kappa shape index (κ3) is 2.27. The van der Waals surface area contributed by atoms with Crippen molar-refractivity contribution in [3.8, 4) is 0 Å². The van der Waals surface area contributed by atoms with E-state index in [2.05, 4.69) is 20.2 Å². The zero-order valence-electron chi connectivity index (χ0n) is 10.2. The van der Waals surface area contributed by atoms with Crippen LogP contribution in [0.3, 0.4) is 0 Å². The van der Waals surface area contributed by atoms with Crippen molar-refractivity contribution in [1.29, 1.82) is 0 Å². The Kier molecular flexibility index (Phi) is 3.22. The molecule has 92 valence electrons. The molecule has 0 radical (unpaired) electrons. The largest absolute Gasteiger partial charge is 0.352 e. The molecule has 0 spiro atoms. The average molecular weight is 232 g/mol. The van der Waals surface area contributed by atoms with Gasteiger partial charge >= 0.3 is 0 Å². The lowest BCUT2D eigenvalue weighted by Gasteiger charge is -2.40. The van der Waals surface area contributed by atoms with Crippen LogP contribution in [0.2, 0.25) is 0 Å². The molecule has 1 N–H and O–H groups in total. The van der Waals surface area contributed by atoms with Crippen LogP contribution in [0.15, 0.2) is 18.6 Å². The van der Waals surface area contributed by atoms with E-state index in [9.17, 15) is 0 Å². The zero-order chi connectivity index (χ0) is 11.5. The van der Waals surface area contributed by atoms with Gasteiger partial charge in [-0.25, -0.2) is 9.97 Å². The van der Waals surface area contributed by atoms with Crippen LogP contribution < -0.4 is 10.2 Å². The van der Waals surface area contributed by atoms with Crippen LogP contribution in [0.1, 0.15) is 32.1 Å². The molecule has 1 aromatic rings. The van der Waals surface area contributed by atoms with Gasteiger partial charge in [-0.1, -0.05) is 0 Å². The molecule has 3 heterocycles. The normalized spacial score (nSPS) is 29.5. The first kappa shape index (κ1) is 11.0. The molecule has 2 atom stereocenters. The highest BCUT2D eigenvalue weighted by atomic mass is 15.2. The van der Waals surface area contributed by atoms with Crippen molar-refractivity contribution in [2.45, 2.75) is 44.2 Å². The Morgan fingerprint density at radius 3 is 3.00 bits per heavy atom. The zero-order valence-corrected chi connectivity index (χ0v) is 10.2. The molecule has 4 heteroatoms. The number of rotatable bonds is 2. The Hall–Kier alpha value is -1.16. The van der Waals surface area contributed by atoms with Gasteiger partial charge in [0.05, 0.1) is 0 Å². The smallest absolute Gasteiger partial charge is 0.132 e. The van der Waals surface area contributed by atoms with E-state index in [1.54, 1.807) is 6.33 Å². The lowest BCUT2D eigenvalue weighted by molar-refractivity contribution is 0.376. The Morgan fingerprint density at radius 2 is 2.24 bits per heavy atom. The van der Waals surface area contributed by atoms with Crippen LogP contribution in [-0.4, -0.2) is 35.1 Å². The molecule has 0 amide bonds. The molecule has 2 aliphatic heterocycles. The Labute approximate surface area is 102 Å².